The predicted octanol–water partition coefficient (Wildman–Crippen LogP) is 6.12. The number of phenols is 1. The van der Waals surface area contributed by atoms with Gasteiger partial charge in [0.05, 0.1) is 6.61 Å². The molecule has 1 unspecified atom stereocenters. The first-order valence-electron chi connectivity index (χ1n) is 12.1. The van der Waals surface area contributed by atoms with E-state index < -0.39 is 0 Å². The molecule has 166 valence electrons. The third-order valence-electron chi connectivity index (χ3n) is 7.11. The maximum Gasteiger partial charge on any atom is 0.126 e. The van der Waals surface area contributed by atoms with Gasteiger partial charge in [-0.2, -0.15) is 0 Å². The topological polar surface area (TPSA) is 32.7 Å². The van der Waals surface area contributed by atoms with Crippen LogP contribution in [0.2, 0.25) is 0 Å². The van der Waals surface area contributed by atoms with Crippen LogP contribution in [-0.4, -0.2) is 36.2 Å². The molecule has 5 rings (SSSR count). The van der Waals surface area contributed by atoms with E-state index in [-0.39, 0.29) is 17.6 Å². The SMILES string of the molecule is Oc1ccc2c(c1)OC[C@H](c1ccccc1)C2c1ccc(CCCN2CCCCC2)cc1. The number of aromatic hydroxyl groups is 1. The lowest BCUT2D eigenvalue weighted by Gasteiger charge is -2.34. The maximum absolute atomic E-state index is 9.96. The Morgan fingerprint density at radius 1 is 0.844 bits per heavy atom. The summed E-state index contributed by atoms with van der Waals surface area (Å²) in [4.78, 5) is 2.62. The Kier molecular flexibility index (Phi) is 6.45. The summed E-state index contributed by atoms with van der Waals surface area (Å²) in [7, 11) is 0. The van der Waals surface area contributed by atoms with Gasteiger partial charge < -0.3 is 14.7 Å². The minimum atomic E-state index is 0.212. The normalized spacial score (nSPS) is 21.0. The van der Waals surface area contributed by atoms with Gasteiger partial charge in [-0.25, -0.2) is 0 Å². The van der Waals surface area contributed by atoms with Crippen molar-refractivity contribution in [3.63, 3.8) is 0 Å². The lowest BCUT2D eigenvalue weighted by Crippen LogP contribution is -2.30. The van der Waals surface area contributed by atoms with Crippen LogP contribution >= 0.6 is 0 Å². The van der Waals surface area contributed by atoms with Gasteiger partial charge in [0.1, 0.15) is 11.5 Å². The zero-order chi connectivity index (χ0) is 21.8. The van der Waals surface area contributed by atoms with Crippen molar-refractivity contribution in [1.29, 1.82) is 0 Å². The molecule has 2 atom stereocenters. The highest BCUT2D eigenvalue weighted by molar-refractivity contribution is 5.50. The molecule has 2 aliphatic rings. The number of piperidine rings is 1. The molecule has 0 aliphatic carbocycles. The first kappa shape index (κ1) is 21.1. The molecule has 0 radical (unpaired) electrons. The molecule has 3 aromatic rings. The Hall–Kier alpha value is -2.78. The van der Waals surface area contributed by atoms with E-state index in [0.717, 1.165) is 17.7 Å². The van der Waals surface area contributed by atoms with Gasteiger partial charge in [-0.05, 0) is 68.1 Å². The van der Waals surface area contributed by atoms with Crippen molar-refractivity contribution in [2.24, 2.45) is 0 Å². The van der Waals surface area contributed by atoms with Crippen molar-refractivity contribution in [1.82, 2.24) is 4.90 Å². The molecule has 3 aromatic carbocycles. The molecule has 0 saturated carbocycles. The third-order valence-corrected chi connectivity index (χ3v) is 7.11. The van der Waals surface area contributed by atoms with Gasteiger partial charge in [0, 0.05) is 23.5 Å². The van der Waals surface area contributed by atoms with E-state index in [9.17, 15) is 5.11 Å². The van der Waals surface area contributed by atoms with Crippen LogP contribution in [0.4, 0.5) is 0 Å². The highest BCUT2D eigenvalue weighted by atomic mass is 16.5. The standard InChI is InChI=1S/C29H33NO2/c31-25-15-16-26-28(20-25)32-21-27(23-9-3-1-4-10-23)29(26)24-13-11-22(12-14-24)8-7-19-30-17-5-2-6-18-30/h1,3-4,9-16,20,27,29,31H,2,5-8,17-19,21H2/t27-,29?/m1/s1. The van der Waals surface area contributed by atoms with E-state index in [1.165, 1.54) is 62.0 Å². The Labute approximate surface area is 191 Å². The van der Waals surface area contributed by atoms with E-state index in [2.05, 4.69) is 59.5 Å². The van der Waals surface area contributed by atoms with Crippen molar-refractivity contribution in [2.45, 2.75) is 43.9 Å². The molecule has 3 nitrogen and oxygen atoms in total. The van der Waals surface area contributed by atoms with Gasteiger partial charge in [-0.1, -0.05) is 67.1 Å². The van der Waals surface area contributed by atoms with Gasteiger partial charge >= 0.3 is 0 Å². The number of nitrogens with zero attached hydrogens (tertiary/aromatic N) is 1. The lowest BCUT2D eigenvalue weighted by atomic mass is 9.75. The first-order chi connectivity index (χ1) is 15.8. The smallest absolute Gasteiger partial charge is 0.126 e. The molecule has 2 aliphatic heterocycles. The van der Waals surface area contributed by atoms with Crippen molar-refractivity contribution in [3.05, 3.63) is 95.1 Å². The molecule has 0 bridgehead atoms. The zero-order valence-electron chi connectivity index (χ0n) is 18.7. The van der Waals surface area contributed by atoms with Crippen molar-refractivity contribution < 1.29 is 9.84 Å². The van der Waals surface area contributed by atoms with Gasteiger partial charge in [-0.15, -0.1) is 0 Å². The molecule has 1 N–H and O–H groups in total. The van der Waals surface area contributed by atoms with Crippen LogP contribution in [-0.2, 0) is 6.42 Å². The number of rotatable bonds is 6. The summed E-state index contributed by atoms with van der Waals surface area (Å²) in [5, 5.41) is 9.96. The largest absolute Gasteiger partial charge is 0.508 e. The van der Waals surface area contributed by atoms with Crippen LogP contribution in [0, 0.1) is 0 Å². The first-order valence-corrected chi connectivity index (χ1v) is 12.1. The van der Waals surface area contributed by atoms with Crippen LogP contribution in [0.1, 0.15) is 59.8 Å². The van der Waals surface area contributed by atoms with Crippen molar-refractivity contribution in [3.8, 4) is 11.5 Å². The molecular formula is C29H33NO2. The molecule has 3 heteroatoms. The zero-order valence-corrected chi connectivity index (χ0v) is 18.7. The number of aryl methyl sites for hydroxylation is 1. The average molecular weight is 428 g/mol. The quantitative estimate of drug-likeness (QED) is 0.514. The minimum Gasteiger partial charge on any atom is -0.508 e. The number of benzene rings is 3. The summed E-state index contributed by atoms with van der Waals surface area (Å²) in [6, 6.07) is 25.4. The highest BCUT2D eigenvalue weighted by Crippen LogP contribution is 2.46. The van der Waals surface area contributed by atoms with Gasteiger partial charge in [-0.3, -0.25) is 0 Å². The van der Waals surface area contributed by atoms with Gasteiger partial charge in [0.25, 0.3) is 0 Å². The predicted molar refractivity (Wildman–Crippen MR) is 130 cm³/mol. The van der Waals surface area contributed by atoms with E-state index in [1.54, 1.807) is 12.1 Å². The van der Waals surface area contributed by atoms with E-state index in [4.69, 9.17) is 4.74 Å². The number of hydrogen-bond donors (Lipinski definition) is 1. The highest BCUT2D eigenvalue weighted by Gasteiger charge is 2.33. The molecule has 0 aromatic heterocycles. The second-order valence-electron chi connectivity index (χ2n) is 9.28. The van der Waals surface area contributed by atoms with E-state index in [0.29, 0.717) is 6.61 Å². The Balaban J connectivity index is 1.35. The minimum absolute atomic E-state index is 0.212. The summed E-state index contributed by atoms with van der Waals surface area (Å²) in [6.07, 6.45) is 6.49. The fourth-order valence-corrected chi connectivity index (χ4v) is 5.38. The number of likely N-dealkylation sites (tertiary alicyclic amines) is 1. The second kappa shape index (κ2) is 9.79. The average Bonchev–Trinajstić information content (AvgIpc) is 2.85. The summed E-state index contributed by atoms with van der Waals surface area (Å²) >= 11 is 0. The summed E-state index contributed by atoms with van der Waals surface area (Å²) in [6.45, 7) is 4.38. The van der Waals surface area contributed by atoms with Crippen LogP contribution in [0.15, 0.2) is 72.8 Å². The lowest BCUT2D eigenvalue weighted by molar-refractivity contribution is 0.226. The Morgan fingerprint density at radius 2 is 1.62 bits per heavy atom. The fraction of sp³-hybridized carbons (Fsp3) is 0.379. The summed E-state index contributed by atoms with van der Waals surface area (Å²) < 4.78 is 6.09. The van der Waals surface area contributed by atoms with Crippen LogP contribution < -0.4 is 4.74 Å². The summed E-state index contributed by atoms with van der Waals surface area (Å²) in [5.41, 5.74) is 5.18. The molecule has 0 amide bonds. The summed E-state index contributed by atoms with van der Waals surface area (Å²) in [5.74, 6) is 1.51. The van der Waals surface area contributed by atoms with Crippen LogP contribution in [0.3, 0.4) is 0 Å². The van der Waals surface area contributed by atoms with Crippen LogP contribution in [0.5, 0.6) is 11.5 Å². The number of hydrogen-bond acceptors (Lipinski definition) is 3. The Morgan fingerprint density at radius 3 is 2.41 bits per heavy atom. The number of fused-ring (bicyclic) bond motifs is 1. The number of phenolic OH excluding ortho intramolecular Hbond substituents is 1. The fourth-order valence-electron chi connectivity index (χ4n) is 5.38. The molecule has 1 fully saturated rings. The molecular weight excluding hydrogens is 394 g/mol. The Bertz CT molecular complexity index is 1010. The van der Waals surface area contributed by atoms with E-state index in [1.807, 2.05) is 6.07 Å². The van der Waals surface area contributed by atoms with Gasteiger partial charge in [0.15, 0.2) is 0 Å². The van der Waals surface area contributed by atoms with E-state index >= 15 is 0 Å². The molecule has 1 saturated heterocycles. The third kappa shape index (κ3) is 4.68. The molecule has 32 heavy (non-hydrogen) atoms. The number of ether oxygens (including phenoxy) is 1. The molecule has 2 heterocycles. The maximum atomic E-state index is 9.96. The molecule has 0 spiro atoms. The van der Waals surface area contributed by atoms with Gasteiger partial charge in [0.2, 0.25) is 0 Å². The monoisotopic (exact) mass is 427 g/mol. The van der Waals surface area contributed by atoms with Crippen LogP contribution in [0.25, 0.3) is 0 Å². The van der Waals surface area contributed by atoms with Crippen molar-refractivity contribution >= 4 is 0 Å². The second-order valence-corrected chi connectivity index (χ2v) is 9.28. The van der Waals surface area contributed by atoms with Crippen molar-refractivity contribution in [2.75, 3.05) is 26.2 Å².